The van der Waals surface area contributed by atoms with Crippen LogP contribution >= 0.6 is 0 Å². The van der Waals surface area contributed by atoms with Crippen LogP contribution < -0.4 is 0 Å². The molecule has 1 aliphatic heterocycles. The molecule has 0 saturated carbocycles. The van der Waals surface area contributed by atoms with Crippen molar-refractivity contribution in [1.82, 2.24) is 19.7 Å². The fraction of sp³-hybridized carbons (Fsp3) is 0.273. The summed E-state index contributed by atoms with van der Waals surface area (Å²) in [6.45, 7) is 1.44. The minimum atomic E-state index is -0.336. The van der Waals surface area contributed by atoms with Crippen molar-refractivity contribution in [3.05, 3.63) is 59.9 Å². The fourth-order valence-corrected chi connectivity index (χ4v) is 3.92. The number of aromatic hydroxyl groups is 1. The average Bonchev–Trinajstić information content (AvgIpc) is 3.30. The number of ether oxygens (including phenoxy) is 1. The number of para-hydroxylation sites is 2. The molecule has 1 fully saturated rings. The van der Waals surface area contributed by atoms with Gasteiger partial charge in [0.25, 0.3) is 0 Å². The SMILES string of the molecule is Oc1c(CC2CCOCC2)c(-c2cccc(F)c2)nn1-c1nc2ccccc2[nH]1. The van der Waals surface area contributed by atoms with Crippen LogP contribution in [0.5, 0.6) is 5.88 Å². The second-order valence-electron chi connectivity index (χ2n) is 7.41. The van der Waals surface area contributed by atoms with E-state index in [-0.39, 0.29) is 11.7 Å². The van der Waals surface area contributed by atoms with Crippen LogP contribution in [0.25, 0.3) is 28.2 Å². The van der Waals surface area contributed by atoms with Crippen LogP contribution in [0.3, 0.4) is 0 Å². The van der Waals surface area contributed by atoms with E-state index >= 15 is 0 Å². The van der Waals surface area contributed by atoms with Crippen molar-refractivity contribution in [3.63, 3.8) is 0 Å². The van der Waals surface area contributed by atoms with Crippen LogP contribution in [0.2, 0.25) is 0 Å². The van der Waals surface area contributed by atoms with Crippen molar-refractivity contribution in [2.24, 2.45) is 5.92 Å². The van der Waals surface area contributed by atoms with Crippen molar-refractivity contribution in [3.8, 4) is 23.1 Å². The number of rotatable bonds is 4. The first kappa shape index (κ1) is 17.9. The molecule has 0 unspecified atom stereocenters. The van der Waals surface area contributed by atoms with Crippen molar-refractivity contribution >= 4 is 11.0 Å². The molecule has 7 heteroatoms. The highest BCUT2D eigenvalue weighted by atomic mass is 19.1. The minimum absolute atomic E-state index is 0.0369. The number of nitrogens with zero attached hydrogens (tertiary/aromatic N) is 3. The van der Waals surface area contributed by atoms with E-state index < -0.39 is 0 Å². The Morgan fingerprint density at radius 2 is 1.97 bits per heavy atom. The molecule has 0 radical (unpaired) electrons. The highest BCUT2D eigenvalue weighted by Gasteiger charge is 2.25. The quantitative estimate of drug-likeness (QED) is 0.545. The number of benzene rings is 2. The van der Waals surface area contributed by atoms with Gasteiger partial charge in [-0.2, -0.15) is 9.78 Å². The van der Waals surface area contributed by atoms with Crippen molar-refractivity contribution in [2.45, 2.75) is 19.3 Å². The largest absolute Gasteiger partial charge is 0.493 e. The molecule has 1 saturated heterocycles. The Kier molecular flexibility index (Phi) is 4.52. The normalized spacial score (nSPS) is 15.2. The van der Waals surface area contributed by atoms with E-state index in [1.807, 2.05) is 24.3 Å². The summed E-state index contributed by atoms with van der Waals surface area (Å²) in [7, 11) is 0. The lowest BCUT2D eigenvalue weighted by Crippen LogP contribution is -2.17. The van der Waals surface area contributed by atoms with Gasteiger partial charge in [0.05, 0.1) is 11.0 Å². The van der Waals surface area contributed by atoms with E-state index in [1.165, 1.54) is 16.8 Å². The van der Waals surface area contributed by atoms with Crippen molar-refractivity contribution < 1.29 is 14.2 Å². The van der Waals surface area contributed by atoms with E-state index in [4.69, 9.17) is 4.74 Å². The first-order chi connectivity index (χ1) is 14.2. The number of aromatic amines is 1. The maximum absolute atomic E-state index is 13.9. The monoisotopic (exact) mass is 392 g/mol. The molecule has 0 amide bonds. The van der Waals surface area contributed by atoms with E-state index in [0.717, 1.165) is 37.1 Å². The Morgan fingerprint density at radius 1 is 1.14 bits per heavy atom. The van der Waals surface area contributed by atoms with Gasteiger partial charge in [-0.1, -0.05) is 24.3 Å². The summed E-state index contributed by atoms with van der Waals surface area (Å²) in [5, 5.41) is 15.7. The molecule has 6 nitrogen and oxygen atoms in total. The standard InChI is InChI=1S/C22H21FN4O2/c23-16-5-3-4-15(13-16)20-17(12-14-8-10-29-11-9-14)21(28)27(26-20)22-24-18-6-1-2-7-19(18)25-22/h1-7,13-14,28H,8-12H2,(H,24,25). The smallest absolute Gasteiger partial charge is 0.232 e. The molecule has 0 spiro atoms. The molecule has 2 aromatic heterocycles. The lowest BCUT2D eigenvalue weighted by Gasteiger charge is -2.21. The summed E-state index contributed by atoms with van der Waals surface area (Å²) in [6, 6.07) is 13.9. The molecule has 4 aromatic rings. The highest BCUT2D eigenvalue weighted by molar-refractivity contribution is 5.76. The Hall–Kier alpha value is -3.19. The Morgan fingerprint density at radius 3 is 2.76 bits per heavy atom. The molecule has 3 heterocycles. The number of halogens is 1. The zero-order chi connectivity index (χ0) is 19.8. The topological polar surface area (TPSA) is 76.0 Å². The fourth-order valence-electron chi connectivity index (χ4n) is 3.92. The molecule has 0 aliphatic carbocycles. The third kappa shape index (κ3) is 3.38. The Balaban J connectivity index is 1.62. The van der Waals surface area contributed by atoms with Gasteiger partial charge < -0.3 is 14.8 Å². The summed E-state index contributed by atoms with van der Waals surface area (Å²) in [6.07, 6.45) is 2.51. The van der Waals surface area contributed by atoms with Crippen LogP contribution in [0.1, 0.15) is 18.4 Å². The van der Waals surface area contributed by atoms with Crippen LogP contribution in [0, 0.1) is 11.7 Å². The third-order valence-electron chi connectivity index (χ3n) is 5.47. The zero-order valence-corrected chi connectivity index (χ0v) is 15.8. The van der Waals surface area contributed by atoms with Gasteiger partial charge in [-0.3, -0.25) is 0 Å². The van der Waals surface area contributed by atoms with Gasteiger partial charge in [-0.15, -0.1) is 0 Å². The van der Waals surface area contributed by atoms with Gasteiger partial charge in [-0.25, -0.2) is 9.37 Å². The maximum Gasteiger partial charge on any atom is 0.232 e. The Bertz CT molecular complexity index is 1130. The number of hydrogen-bond donors (Lipinski definition) is 2. The van der Waals surface area contributed by atoms with E-state index in [2.05, 4.69) is 15.1 Å². The lowest BCUT2D eigenvalue weighted by atomic mass is 9.91. The van der Waals surface area contributed by atoms with Gasteiger partial charge in [0, 0.05) is 24.3 Å². The van der Waals surface area contributed by atoms with Gasteiger partial charge in [0.2, 0.25) is 11.8 Å². The van der Waals surface area contributed by atoms with Gasteiger partial charge in [-0.05, 0) is 49.4 Å². The van der Waals surface area contributed by atoms with Crippen LogP contribution in [0.4, 0.5) is 4.39 Å². The highest BCUT2D eigenvalue weighted by Crippen LogP contribution is 2.35. The number of imidazole rings is 1. The summed E-state index contributed by atoms with van der Waals surface area (Å²) in [5.74, 6) is 0.516. The average molecular weight is 392 g/mol. The molecule has 148 valence electrons. The first-order valence-corrected chi connectivity index (χ1v) is 9.78. The molecule has 1 aliphatic rings. The van der Waals surface area contributed by atoms with E-state index in [0.29, 0.717) is 35.1 Å². The van der Waals surface area contributed by atoms with Gasteiger partial charge in [0.15, 0.2) is 0 Å². The first-order valence-electron chi connectivity index (χ1n) is 9.78. The maximum atomic E-state index is 13.9. The lowest BCUT2D eigenvalue weighted by molar-refractivity contribution is 0.0664. The van der Waals surface area contributed by atoms with E-state index in [1.54, 1.807) is 12.1 Å². The predicted octanol–water partition coefficient (Wildman–Crippen LogP) is 4.23. The third-order valence-corrected chi connectivity index (χ3v) is 5.47. The van der Waals surface area contributed by atoms with Crippen LogP contribution in [-0.2, 0) is 11.2 Å². The molecule has 2 aromatic carbocycles. The second-order valence-corrected chi connectivity index (χ2v) is 7.41. The summed E-state index contributed by atoms with van der Waals surface area (Å²) >= 11 is 0. The molecule has 29 heavy (non-hydrogen) atoms. The number of aromatic nitrogens is 4. The summed E-state index contributed by atoms with van der Waals surface area (Å²) in [4.78, 5) is 7.74. The molecule has 2 N–H and O–H groups in total. The van der Waals surface area contributed by atoms with Crippen LogP contribution in [-0.4, -0.2) is 38.1 Å². The Labute approximate surface area is 167 Å². The molecule has 0 bridgehead atoms. The second kappa shape index (κ2) is 7.33. The minimum Gasteiger partial charge on any atom is -0.493 e. The van der Waals surface area contributed by atoms with Gasteiger partial charge in [0.1, 0.15) is 11.5 Å². The number of hydrogen-bond acceptors (Lipinski definition) is 4. The predicted molar refractivity (Wildman–Crippen MR) is 108 cm³/mol. The number of fused-ring (bicyclic) bond motifs is 1. The van der Waals surface area contributed by atoms with Crippen LogP contribution in [0.15, 0.2) is 48.5 Å². The molecular weight excluding hydrogens is 371 g/mol. The number of nitrogens with one attached hydrogen (secondary N) is 1. The number of H-pyrrole nitrogens is 1. The molecular formula is C22H21FN4O2. The van der Waals surface area contributed by atoms with Crippen molar-refractivity contribution in [2.75, 3.05) is 13.2 Å². The van der Waals surface area contributed by atoms with E-state index in [9.17, 15) is 9.50 Å². The zero-order valence-electron chi connectivity index (χ0n) is 15.8. The van der Waals surface area contributed by atoms with Crippen molar-refractivity contribution in [1.29, 1.82) is 0 Å². The van der Waals surface area contributed by atoms with Gasteiger partial charge >= 0.3 is 0 Å². The summed E-state index contributed by atoms with van der Waals surface area (Å²) < 4.78 is 20.8. The molecule has 5 rings (SSSR count). The summed E-state index contributed by atoms with van der Waals surface area (Å²) in [5.41, 5.74) is 3.57. The molecule has 0 atom stereocenters.